The van der Waals surface area contributed by atoms with Crippen molar-refractivity contribution in [1.29, 1.82) is 0 Å². The van der Waals surface area contributed by atoms with E-state index in [4.69, 9.17) is 5.73 Å². The monoisotopic (exact) mass is 393 g/mol. The van der Waals surface area contributed by atoms with Crippen molar-refractivity contribution in [2.24, 2.45) is 11.7 Å². The number of nitrogens with two attached hydrogens (primary N) is 1. The van der Waals surface area contributed by atoms with Gasteiger partial charge in [-0.3, -0.25) is 4.79 Å². The van der Waals surface area contributed by atoms with Crippen LogP contribution in [0.3, 0.4) is 0 Å². The zero-order chi connectivity index (χ0) is 19.7. The number of carbonyl (C=O) groups is 1. The largest absolute Gasteiger partial charge is 0.354 e. The molecule has 1 aromatic rings. The van der Waals surface area contributed by atoms with Gasteiger partial charge in [-0.15, -0.1) is 0 Å². The summed E-state index contributed by atoms with van der Waals surface area (Å²) < 4.78 is 27.6. The van der Waals surface area contributed by atoms with Crippen LogP contribution in [0, 0.1) is 5.92 Å². The predicted molar refractivity (Wildman–Crippen MR) is 106 cm³/mol. The van der Waals surface area contributed by atoms with Gasteiger partial charge in [0.15, 0.2) is 0 Å². The van der Waals surface area contributed by atoms with E-state index in [1.54, 1.807) is 6.07 Å². The second-order valence-corrected chi connectivity index (χ2v) is 10.5. The molecule has 0 spiro atoms. The second kappa shape index (κ2) is 7.89. The molecule has 1 aliphatic carbocycles. The zero-order valence-electron chi connectivity index (χ0n) is 16.3. The van der Waals surface area contributed by atoms with Gasteiger partial charge in [-0.1, -0.05) is 6.07 Å². The number of hydrogen-bond acceptors (Lipinski definition) is 4. The quantitative estimate of drug-likeness (QED) is 0.798. The predicted octanol–water partition coefficient (Wildman–Crippen LogP) is 1.82. The van der Waals surface area contributed by atoms with Gasteiger partial charge in [-0.05, 0) is 75.6 Å². The lowest BCUT2D eigenvalue weighted by Gasteiger charge is -2.31. The average molecular weight is 394 g/mol. The van der Waals surface area contributed by atoms with E-state index in [0.717, 1.165) is 19.3 Å². The number of piperidine rings is 1. The number of carbonyl (C=O) groups excluding carboxylic acids is 1. The van der Waals surface area contributed by atoms with Crippen LogP contribution in [0.2, 0.25) is 0 Å². The third-order valence-electron chi connectivity index (χ3n) is 5.50. The van der Waals surface area contributed by atoms with Crippen LogP contribution < -0.4 is 11.1 Å². The molecule has 1 amide bonds. The van der Waals surface area contributed by atoms with Crippen molar-refractivity contribution in [3.05, 3.63) is 29.3 Å². The van der Waals surface area contributed by atoms with Gasteiger partial charge >= 0.3 is 0 Å². The molecule has 27 heavy (non-hydrogen) atoms. The van der Waals surface area contributed by atoms with Gasteiger partial charge in [-0.2, -0.15) is 4.31 Å². The maximum Gasteiger partial charge on any atom is 0.243 e. The maximum atomic E-state index is 13.0. The fourth-order valence-corrected chi connectivity index (χ4v) is 5.36. The highest BCUT2D eigenvalue weighted by Gasteiger charge is 2.32. The Hall–Kier alpha value is -1.44. The minimum absolute atomic E-state index is 0.0284. The first kappa shape index (κ1) is 20.3. The van der Waals surface area contributed by atoms with E-state index in [1.807, 2.05) is 26.0 Å². The highest BCUT2D eigenvalue weighted by molar-refractivity contribution is 7.89. The van der Waals surface area contributed by atoms with Crippen molar-refractivity contribution in [1.82, 2.24) is 9.62 Å². The molecule has 6 nitrogen and oxygen atoms in total. The molecule has 0 atom stereocenters. The van der Waals surface area contributed by atoms with Crippen LogP contribution in [0.15, 0.2) is 23.1 Å². The first-order valence-corrected chi connectivity index (χ1v) is 11.3. The lowest BCUT2D eigenvalue weighted by atomic mass is 9.92. The summed E-state index contributed by atoms with van der Waals surface area (Å²) in [5, 5.41) is 2.88. The van der Waals surface area contributed by atoms with E-state index >= 15 is 0 Å². The van der Waals surface area contributed by atoms with Crippen molar-refractivity contribution in [2.75, 3.05) is 19.6 Å². The molecule has 0 unspecified atom stereocenters. The zero-order valence-corrected chi connectivity index (χ0v) is 17.1. The van der Waals surface area contributed by atoms with Crippen LogP contribution in [0.5, 0.6) is 0 Å². The molecule has 0 bridgehead atoms. The topological polar surface area (TPSA) is 92.5 Å². The van der Waals surface area contributed by atoms with Gasteiger partial charge in [0.2, 0.25) is 15.9 Å². The van der Waals surface area contributed by atoms with Gasteiger partial charge < -0.3 is 11.1 Å². The van der Waals surface area contributed by atoms with Crippen LogP contribution in [-0.2, 0) is 27.7 Å². The first-order valence-electron chi connectivity index (χ1n) is 9.85. The molecule has 150 valence electrons. The molecule has 2 aliphatic rings. The first-order chi connectivity index (χ1) is 12.7. The number of nitrogens with one attached hydrogen (secondary N) is 1. The molecule has 1 fully saturated rings. The Balaban J connectivity index is 1.62. The molecular formula is C20H31N3O3S. The summed E-state index contributed by atoms with van der Waals surface area (Å²) in [4.78, 5) is 12.7. The Morgan fingerprint density at radius 1 is 1.19 bits per heavy atom. The van der Waals surface area contributed by atoms with E-state index in [-0.39, 0.29) is 11.8 Å². The van der Waals surface area contributed by atoms with Gasteiger partial charge in [0, 0.05) is 31.1 Å². The van der Waals surface area contributed by atoms with Crippen LogP contribution in [0.4, 0.5) is 0 Å². The van der Waals surface area contributed by atoms with Crippen molar-refractivity contribution in [2.45, 2.75) is 62.8 Å². The molecule has 1 heterocycles. The third kappa shape index (κ3) is 4.89. The van der Waals surface area contributed by atoms with Gasteiger partial charge in [0.05, 0.1) is 4.90 Å². The Morgan fingerprint density at radius 2 is 1.81 bits per heavy atom. The standard InChI is InChI=1S/C20H31N3O3S/c1-20(2,21)14-22-19(24)16-9-11-23(12-10-16)27(25,26)18-8-7-15-5-3-4-6-17(15)13-18/h7-8,13,16H,3-6,9-12,14,21H2,1-2H3,(H,22,24). The lowest BCUT2D eigenvalue weighted by molar-refractivity contribution is -0.126. The summed E-state index contributed by atoms with van der Waals surface area (Å²) in [6.45, 7) is 4.90. The maximum absolute atomic E-state index is 13.0. The highest BCUT2D eigenvalue weighted by atomic mass is 32.2. The molecular weight excluding hydrogens is 362 g/mol. The molecule has 3 N–H and O–H groups in total. The number of benzene rings is 1. The number of fused-ring (bicyclic) bond motifs is 1. The van der Waals surface area contributed by atoms with Crippen LogP contribution in [0.25, 0.3) is 0 Å². The smallest absolute Gasteiger partial charge is 0.243 e. The summed E-state index contributed by atoms with van der Waals surface area (Å²) in [7, 11) is -3.50. The molecule has 0 saturated carbocycles. The van der Waals surface area contributed by atoms with Crippen LogP contribution >= 0.6 is 0 Å². The Bertz CT molecular complexity index is 791. The summed E-state index contributed by atoms with van der Waals surface area (Å²) in [5.74, 6) is -0.179. The van der Waals surface area contributed by atoms with E-state index in [2.05, 4.69) is 5.32 Å². The molecule has 3 rings (SSSR count). The summed E-state index contributed by atoms with van der Waals surface area (Å²) >= 11 is 0. The fraction of sp³-hybridized carbons (Fsp3) is 0.650. The van der Waals surface area contributed by atoms with Crippen molar-refractivity contribution in [3.8, 4) is 0 Å². The van der Waals surface area contributed by atoms with E-state index in [1.165, 1.54) is 21.9 Å². The number of aryl methyl sites for hydroxylation is 2. The van der Waals surface area contributed by atoms with Crippen molar-refractivity contribution < 1.29 is 13.2 Å². The minimum atomic E-state index is -3.50. The summed E-state index contributed by atoms with van der Waals surface area (Å²) in [6, 6.07) is 5.56. The number of rotatable bonds is 5. The molecule has 1 aromatic carbocycles. The van der Waals surface area contributed by atoms with Gasteiger partial charge in [-0.25, -0.2) is 8.42 Å². The Morgan fingerprint density at radius 3 is 2.44 bits per heavy atom. The molecule has 0 radical (unpaired) electrons. The minimum Gasteiger partial charge on any atom is -0.354 e. The van der Waals surface area contributed by atoms with Gasteiger partial charge in [0.25, 0.3) is 0 Å². The van der Waals surface area contributed by atoms with Crippen molar-refractivity contribution in [3.63, 3.8) is 0 Å². The molecule has 7 heteroatoms. The summed E-state index contributed by atoms with van der Waals surface area (Å²) in [5.41, 5.74) is 7.89. The van der Waals surface area contributed by atoms with Crippen LogP contribution in [0.1, 0.15) is 50.7 Å². The van der Waals surface area contributed by atoms with Crippen molar-refractivity contribution >= 4 is 15.9 Å². The fourth-order valence-electron chi connectivity index (χ4n) is 3.84. The second-order valence-electron chi connectivity index (χ2n) is 8.52. The SMILES string of the molecule is CC(C)(N)CNC(=O)C1CCN(S(=O)(=O)c2ccc3c(c2)CCCC3)CC1. The molecule has 1 aliphatic heterocycles. The average Bonchev–Trinajstić information content (AvgIpc) is 2.65. The van der Waals surface area contributed by atoms with E-state index in [0.29, 0.717) is 37.4 Å². The van der Waals surface area contributed by atoms with Crippen LogP contribution in [-0.4, -0.2) is 43.8 Å². The Kier molecular flexibility index (Phi) is 5.93. The number of hydrogen-bond donors (Lipinski definition) is 2. The summed E-state index contributed by atoms with van der Waals surface area (Å²) in [6.07, 6.45) is 5.38. The molecule has 0 aromatic heterocycles. The number of sulfonamides is 1. The number of amides is 1. The Labute approximate surface area is 162 Å². The van der Waals surface area contributed by atoms with E-state index in [9.17, 15) is 13.2 Å². The van der Waals surface area contributed by atoms with E-state index < -0.39 is 15.6 Å². The normalized spacial score (nSPS) is 19.5. The van der Waals surface area contributed by atoms with Gasteiger partial charge in [0.1, 0.15) is 0 Å². The number of nitrogens with zero attached hydrogens (tertiary/aromatic N) is 1. The lowest BCUT2D eigenvalue weighted by Crippen LogP contribution is -2.48. The third-order valence-corrected chi connectivity index (χ3v) is 7.40. The highest BCUT2D eigenvalue weighted by Crippen LogP contribution is 2.28. The molecule has 1 saturated heterocycles.